The molecule has 0 fully saturated rings. The molecule has 31 heavy (non-hydrogen) atoms. The van der Waals surface area contributed by atoms with Gasteiger partial charge in [-0.3, -0.25) is 0 Å². The van der Waals surface area contributed by atoms with Crippen molar-refractivity contribution in [1.29, 1.82) is 0 Å². The number of benzene rings is 3. The number of hydrogen-bond donors (Lipinski definition) is 3. The lowest BCUT2D eigenvalue weighted by Crippen LogP contribution is -2.65. The van der Waals surface area contributed by atoms with Gasteiger partial charge < -0.3 is 15.0 Å². The first-order valence-corrected chi connectivity index (χ1v) is 12.5. The fraction of sp³-hybridized carbons (Fsp3) is 0.269. The molecule has 4 nitrogen and oxygen atoms in total. The summed E-state index contributed by atoms with van der Waals surface area (Å²) in [6.07, 6.45) is 1.10. The van der Waals surface area contributed by atoms with E-state index in [1.54, 1.807) is 30.3 Å². The van der Waals surface area contributed by atoms with E-state index in [1.165, 1.54) is 0 Å². The first-order valence-electron chi connectivity index (χ1n) is 10.6. The van der Waals surface area contributed by atoms with E-state index < -0.39 is 24.9 Å². The molecule has 0 spiro atoms. The highest BCUT2D eigenvalue weighted by molar-refractivity contribution is 6.98. The van der Waals surface area contributed by atoms with Crippen molar-refractivity contribution in [2.75, 3.05) is 0 Å². The molecule has 0 amide bonds. The van der Waals surface area contributed by atoms with Crippen molar-refractivity contribution in [2.45, 2.75) is 43.7 Å². The molecule has 0 aliphatic heterocycles. The molecule has 0 heterocycles. The molecule has 0 aliphatic carbocycles. The van der Waals surface area contributed by atoms with Gasteiger partial charge in [0.15, 0.2) is 5.60 Å². The molecule has 0 aromatic heterocycles. The third kappa shape index (κ3) is 4.49. The molecule has 0 bridgehead atoms. The minimum Gasteiger partial charge on any atom is -0.479 e. The second kappa shape index (κ2) is 9.18. The van der Waals surface area contributed by atoms with Gasteiger partial charge in [0.2, 0.25) is 0 Å². The minimum absolute atomic E-state index is 0.0733. The van der Waals surface area contributed by atoms with Crippen LogP contribution in [0.3, 0.4) is 0 Å². The Bertz CT molecular complexity index is 950. The van der Waals surface area contributed by atoms with E-state index in [9.17, 15) is 19.8 Å². The lowest BCUT2D eigenvalue weighted by molar-refractivity contribution is -0.160. The quantitative estimate of drug-likeness (QED) is 0.449. The summed E-state index contributed by atoms with van der Waals surface area (Å²) in [6.45, 7) is 4.09. The molecule has 0 radical (unpaired) electrons. The van der Waals surface area contributed by atoms with Crippen LogP contribution in [-0.2, 0) is 10.4 Å². The molecule has 3 N–H and O–H groups in total. The van der Waals surface area contributed by atoms with E-state index in [0.717, 1.165) is 10.4 Å². The van der Waals surface area contributed by atoms with E-state index in [1.807, 2.05) is 74.5 Å². The Hall–Kier alpha value is -2.73. The van der Waals surface area contributed by atoms with Crippen LogP contribution in [0.4, 0.5) is 0 Å². The highest BCUT2D eigenvalue weighted by Gasteiger charge is 2.50. The maximum atomic E-state index is 12.2. The number of aliphatic hydroxyl groups is 1. The van der Waals surface area contributed by atoms with Crippen LogP contribution in [0.5, 0.6) is 0 Å². The van der Waals surface area contributed by atoms with Gasteiger partial charge in [-0.1, -0.05) is 105 Å². The fourth-order valence-electron chi connectivity index (χ4n) is 4.36. The van der Waals surface area contributed by atoms with Gasteiger partial charge >= 0.3 is 5.97 Å². The monoisotopic (exact) mass is 434 g/mol. The Labute approximate surface area is 185 Å². The molecule has 162 valence electrons. The first kappa shape index (κ1) is 22.9. The molecular weight excluding hydrogens is 404 g/mol. The number of aliphatic carboxylic acids is 1. The van der Waals surface area contributed by atoms with Crippen LogP contribution >= 0.6 is 0 Å². The topological polar surface area (TPSA) is 77.8 Å². The molecule has 1 atom stereocenters. The first-order chi connectivity index (χ1) is 14.7. The summed E-state index contributed by atoms with van der Waals surface area (Å²) < 4.78 is 0. The van der Waals surface area contributed by atoms with Crippen LogP contribution in [0, 0.1) is 0 Å². The van der Waals surface area contributed by atoms with Gasteiger partial charge in [-0.15, -0.1) is 0 Å². The lowest BCUT2D eigenvalue weighted by atomic mass is 9.87. The zero-order valence-corrected chi connectivity index (χ0v) is 19.0. The van der Waals surface area contributed by atoms with Crippen LogP contribution in [0.2, 0.25) is 5.04 Å². The average Bonchev–Trinajstić information content (AvgIpc) is 2.79. The van der Waals surface area contributed by atoms with Crippen LogP contribution in [0.15, 0.2) is 91.0 Å². The van der Waals surface area contributed by atoms with Crippen LogP contribution < -0.4 is 10.4 Å². The third-order valence-electron chi connectivity index (χ3n) is 6.31. The average molecular weight is 435 g/mol. The largest absolute Gasteiger partial charge is 0.479 e. The van der Waals surface area contributed by atoms with Crippen molar-refractivity contribution in [2.24, 2.45) is 0 Å². The Kier molecular flexibility index (Phi) is 6.79. The van der Waals surface area contributed by atoms with E-state index in [-0.39, 0.29) is 6.42 Å². The summed E-state index contributed by atoms with van der Waals surface area (Å²) in [5.41, 5.74) is -1.57. The highest BCUT2D eigenvalue weighted by atomic mass is 28.4. The summed E-state index contributed by atoms with van der Waals surface area (Å²) in [6, 6.07) is 28.0. The molecule has 0 aliphatic rings. The molecule has 3 aromatic rings. The second-order valence-electron chi connectivity index (χ2n) is 8.71. The summed E-state index contributed by atoms with van der Waals surface area (Å²) >= 11 is 0. The zero-order chi connectivity index (χ0) is 22.5. The van der Waals surface area contributed by atoms with Crippen molar-refractivity contribution in [3.63, 3.8) is 0 Å². The summed E-state index contributed by atoms with van der Waals surface area (Å²) in [5.74, 6) is -1.25. The number of carboxylic acid groups (broad SMARTS) is 1. The Morgan fingerprint density at radius 3 is 1.61 bits per heavy atom. The summed E-state index contributed by atoms with van der Waals surface area (Å²) in [4.78, 5) is 24.1. The predicted molar refractivity (Wildman–Crippen MR) is 126 cm³/mol. The second-order valence-corrected chi connectivity index (χ2v) is 12.6. The predicted octanol–water partition coefficient (Wildman–Crippen LogP) is 3.66. The van der Waals surface area contributed by atoms with Crippen LogP contribution in [0.1, 0.15) is 38.7 Å². The van der Waals surface area contributed by atoms with E-state index in [0.29, 0.717) is 18.4 Å². The molecule has 5 heteroatoms. The molecule has 1 unspecified atom stereocenters. The Morgan fingerprint density at radius 1 is 0.774 bits per heavy atom. The highest BCUT2D eigenvalue weighted by Crippen LogP contribution is 2.41. The number of carboxylic acids is 1. The van der Waals surface area contributed by atoms with E-state index in [4.69, 9.17) is 0 Å². The normalized spacial score (nSPS) is 14.1. The molecule has 3 aromatic carbocycles. The van der Waals surface area contributed by atoms with Gasteiger partial charge in [-0.25, -0.2) is 4.79 Å². The maximum Gasteiger partial charge on any atom is 0.340 e. The Balaban J connectivity index is 1.89. The zero-order valence-electron chi connectivity index (χ0n) is 18.0. The van der Waals surface area contributed by atoms with Crippen molar-refractivity contribution >= 4 is 24.7 Å². The van der Waals surface area contributed by atoms with E-state index >= 15 is 0 Å². The van der Waals surface area contributed by atoms with Gasteiger partial charge in [0.1, 0.15) is 0 Å². The smallest absolute Gasteiger partial charge is 0.340 e. The van der Waals surface area contributed by atoms with Gasteiger partial charge in [0, 0.05) is 0 Å². The third-order valence-corrected chi connectivity index (χ3v) is 10.9. The van der Waals surface area contributed by atoms with Gasteiger partial charge in [-0.05, 0) is 40.2 Å². The SMILES string of the molecule is CC(C)(CCCC(O)(C(=O)O)c1ccccc1)[Si](O)(c1ccccc1)c1ccccc1. The van der Waals surface area contributed by atoms with Crippen molar-refractivity contribution < 1.29 is 19.8 Å². The van der Waals surface area contributed by atoms with E-state index in [2.05, 4.69) is 0 Å². The summed E-state index contributed by atoms with van der Waals surface area (Å²) in [7, 11) is -3.16. The van der Waals surface area contributed by atoms with Crippen molar-refractivity contribution in [1.82, 2.24) is 0 Å². The van der Waals surface area contributed by atoms with Crippen molar-refractivity contribution in [3.8, 4) is 0 Å². The summed E-state index contributed by atoms with van der Waals surface area (Å²) in [5, 5.41) is 22.0. The standard InChI is InChI=1S/C26H30O4Si/c1-25(2,19-12-20-26(29,24(27)28)21-13-6-3-7-14-21)31(30,22-15-8-4-9-16-22)23-17-10-5-11-18-23/h3-11,13-18,29-30H,12,19-20H2,1-2H3,(H,27,28). The minimum atomic E-state index is -3.16. The molecular formula is C26H30O4Si. The van der Waals surface area contributed by atoms with Gasteiger partial charge in [0.05, 0.1) is 0 Å². The maximum absolute atomic E-state index is 12.2. The van der Waals surface area contributed by atoms with Gasteiger partial charge in [-0.2, -0.15) is 0 Å². The molecule has 0 saturated heterocycles. The van der Waals surface area contributed by atoms with Crippen LogP contribution in [-0.4, -0.2) is 29.3 Å². The van der Waals surface area contributed by atoms with Crippen molar-refractivity contribution in [3.05, 3.63) is 96.6 Å². The van der Waals surface area contributed by atoms with Gasteiger partial charge in [0.25, 0.3) is 8.32 Å². The lowest BCUT2D eigenvalue weighted by Gasteiger charge is -2.41. The molecule has 3 rings (SSSR count). The Morgan fingerprint density at radius 2 is 1.19 bits per heavy atom. The number of hydrogen-bond acceptors (Lipinski definition) is 3. The molecule has 0 saturated carbocycles. The fourth-order valence-corrected chi connectivity index (χ4v) is 8.15. The van der Waals surface area contributed by atoms with Crippen LogP contribution in [0.25, 0.3) is 0 Å². The number of rotatable bonds is 9. The number of carbonyl (C=O) groups is 1.